The zero-order valence-corrected chi connectivity index (χ0v) is 17.0. The van der Waals surface area contributed by atoms with Crippen LogP contribution in [0.1, 0.15) is 5.56 Å². The lowest BCUT2D eigenvalue weighted by Gasteiger charge is -2.34. The van der Waals surface area contributed by atoms with E-state index < -0.39 is 0 Å². The van der Waals surface area contributed by atoms with Gasteiger partial charge in [-0.15, -0.1) is 0 Å². The molecule has 150 valence electrons. The van der Waals surface area contributed by atoms with Gasteiger partial charge in [-0.05, 0) is 29.8 Å². The Bertz CT molecular complexity index is 807. The van der Waals surface area contributed by atoms with Crippen molar-refractivity contribution in [2.75, 3.05) is 52.3 Å². The quantitative estimate of drug-likeness (QED) is 0.769. The zero-order chi connectivity index (χ0) is 19.9. The molecule has 0 bridgehead atoms. The Kier molecular flexibility index (Phi) is 7.14. The van der Waals surface area contributed by atoms with Gasteiger partial charge in [0.05, 0.1) is 26.5 Å². The Labute approximate surface area is 171 Å². The third kappa shape index (κ3) is 5.61. The average molecular weight is 404 g/mol. The highest BCUT2D eigenvalue weighted by Gasteiger charge is 2.19. The van der Waals surface area contributed by atoms with Gasteiger partial charge in [0.15, 0.2) is 0 Å². The molecule has 0 spiro atoms. The summed E-state index contributed by atoms with van der Waals surface area (Å²) in [5, 5.41) is 3.69. The summed E-state index contributed by atoms with van der Waals surface area (Å²) in [4.78, 5) is 17.0. The van der Waals surface area contributed by atoms with Gasteiger partial charge in [0.1, 0.15) is 11.5 Å². The number of hydrogen-bond donors (Lipinski definition) is 1. The van der Waals surface area contributed by atoms with Crippen molar-refractivity contribution in [2.45, 2.75) is 6.54 Å². The smallest absolute Gasteiger partial charge is 0.238 e. The van der Waals surface area contributed by atoms with E-state index in [1.807, 2.05) is 18.2 Å². The minimum atomic E-state index is -0.0493. The van der Waals surface area contributed by atoms with Crippen LogP contribution in [0.25, 0.3) is 0 Å². The Morgan fingerprint density at radius 1 is 1.04 bits per heavy atom. The zero-order valence-electron chi connectivity index (χ0n) is 16.3. The molecule has 1 heterocycles. The summed E-state index contributed by atoms with van der Waals surface area (Å²) in [6, 6.07) is 13.3. The van der Waals surface area contributed by atoms with Crippen LogP contribution in [0.4, 0.5) is 5.69 Å². The Morgan fingerprint density at radius 2 is 1.79 bits per heavy atom. The second kappa shape index (κ2) is 9.78. The van der Waals surface area contributed by atoms with E-state index in [1.165, 1.54) is 5.56 Å². The molecule has 0 radical (unpaired) electrons. The number of carbonyl (C=O) groups is 1. The first kappa shape index (κ1) is 20.5. The Morgan fingerprint density at radius 3 is 2.46 bits per heavy atom. The molecule has 28 heavy (non-hydrogen) atoms. The van der Waals surface area contributed by atoms with Gasteiger partial charge in [0.25, 0.3) is 0 Å². The summed E-state index contributed by atoms with van der Waals surface area (Å²) >= 11 is 6.06. The van der Waals surface area contributed by atoms with Crippen LogP contribution >= 0.6 is 11.6 Å². The van der Waals surface area contributed by atoms with E-state index in [0.29, 0.717) is 23.7 Å². The lowest BCUT2D eigenvalue weighted by atomic mass is 10.2. The van der Waals surface area contributed by atoms with E-state index in [0.717, 1.165) is 37.7 Å². The van der Waals surface area contributed by atoms with Gasteiger partial charge in [-0.25, -0.2) is 0 Å². The minimum absolute atomic E-state index is 0.0493. The standard InChI is InChI=1S/C21H26ClN3O3/c1-27-18-6-7-19(20(13-18)28-2)23-21(26)15-25-10-8-24(9-11-25)14-16-4-3-5-17(22)12-16/h3-7,12-13H,8-11,14-15H2,1-2H3,(H,23,26). The topological polar surface area (TPSA) is 54.0 Å². The van der Waals surface area contributed by atoms with Crippen molar-refractivity contribution >= 4 is 23.2 Å². The van der Waals surface area contributed by atoms with Gasteiger partial charge in [-0.3, -0.25) is 14.6 Å². The molecule has 0 saturated carbocycles. The molecule has 7 heteroatoms. The minimum Gasteiger partial charge on any atom is -0.497 e. The summed E-state index contributed by atoms with van der Waals surface area (Å²) < 4.78 is 10.5. The van der Waals surface area contributed by atoms with Crippen LogP contribution in [0.15, 0.2) is 42.5 Å². The summed E-state index contributed by atoms with van der Waals surface area (Å²) in [7, 11) is 3.17. The largest absolute Gasteiger partial charge is 0.497 e. The van der Waals surface area contributed by atoms with Crippen molar-refractivity contribution in [3.05, 3.63) is 53.1 Å². The Hall–Kier alpha value is -2.28. The number of anilines is 1. The number of benzene rings is 2. The number of rotatable bonds is 7. The maximum Gasteiger partial charge on any atom is 0.238 e. The predicted molar refractivity (Wildman–Crippen MR) is 111 cm³/mol. The second-order valence-corrected chi connectivity index (χ2v) is 7.23. The lowest BCUT2D eigenvalue weighted by molar-refractivity contribution is -0.117. The highest BCUT2D eigenvalue weighted by Crippen LogP contribution is 2.29. The number of ether oxygens (including phenoxy) is 2. The van der Waals surface area contributed by atoms with Crippen molar-refractivity contribution in [3.63, 3.8) is 0 Å². The molecular weight excluding hydrogens is 378 g/mol. The first-order chi connectivity index (χ1) is 13.6. The van der Waals surface area contributed by atoms with Gasteiger partial charge in [-0.1, -0.05) is 23.7 Å². The van der Waals surface area contributed by atoms with Crippen LogP contribution in [-0.4, -0.2) is 62.7 Å². The van der Waals surface area contributed by atoms with Crippen molar-refractivity contribution in [2.24, 2.45) is 0 Å². The van der Waals surface area contributed by atoms with E-state index in [-0.39, 0.29) is 5.91 Å². The third-order valence-corrected chi connectivity index (χ3v) is 5.05. The number of carbonyl (C=O) groups excluding carboxylic acids is 1. The number of methoxy groups -OCH3 is 2. The maximum atomic E-state index is 12.4. The predicted octanol–water partition coefficient (Wildman–Crippen LogP) is 3.11. The van der Waals surface area contributed by atoms with Crippen LogP contribution < -0.4 is 14.8 Å². The number of halogens is 1. The molecule has 0 aromatic heterocycles. The first-order valence-corrected chi connectivity index (χ1v) is 9.66. The van der Waals surface area contributed by atoms with Crippen LogP contribution in [0.2, 0.25) is 5.02 Å². The van der Waals surface area contributed by atoms with Gasteiger partial charge in [0, 0.05) is 43.8 Å². The maximum absolute atomic E-state index is 12.4. The SMILES string of the molecule is COc1ccc(NC(=O)CN2CCN(Cc3cccc(Cl)c3)CC2)c(OC)c1. The third-order valence-electron chi connectivity index (χ3n) is 4.81. The number of amides is 1. The second-order valence-electron chi connectivity index (χ2n) is 6.80. The van der Waals surface area contributed by atoms with Gasteiger partial charge < -0.3 is 14.8 Å². The molecule has 2 aromatic carbocycles. The number of hydrogen-bond acceptors (Lipinski definition) is 5. The summed E-state index contributed by atoms with van der Waals surface area (Å²) in [5.41, 5.74) is 1.86. The molecular formula is C21H26ClN3O3. The molecule has 2 aromatic rings. The molecule has 3 rings (SSSR count). The van der Waals surface area contributed by atoms with Crippen molar-refractivity contribution < 1.29 is 14.3 Å². The molecule has 1 aliphatic rings. The fourth-order valence-corrected chi connectivity index (χ4v) is 3.51. The van der Waals surface area contributed by atoms with Crippen LogP contribution in [-0.2, 0) is 11.3 Å². The van der Waals surface area contributed by atoms with Crippen molar-refractivity contribution in [3.8, 4) is 11.5 Å². The van der Waals surface area contributed by atoms with E-state index >= 15 is 0 Å². The van der Waals surface area contributed by atoms with Crippen LogP contribution in [0.3, 0.4) is 0 Å². The fraction of sp³-hybridized carbons (Fsp3) is 0.381. The number of nitrogens with one attached hydrogen (secondary N) is 1. The normalized spacial score (nSPS) is 15.2. The Balaban J connectivity index is 1.47. The van der Waals surface area contributed by atoms with E-state index in [9.17, 15) is 4.79 Å². The highest BCUT2D eigenvalue weighted by molar-refractivity contribution is 6.30. The fourth-order valence-electron chi connectivity index (χ4n) is 3.29. The number of piperazine rings is 1. The summed E-state index contributed by atoms with van der Waals surface area (Å²) in [6.45, 7) is 4.79. The van der Waals surface area contributed by atoms with Crippen LogP contribution in [0.5, 0.6) is 11.5 Å². The van der Waals surface area contributed by atoms with Crippen LogP contribution in [0, 0.1) is 0 Å². The average Bonchev–Trinajstić information content (AvgIpc) is 2.70. The monoisotopic (exact) mass is 403 g/mol. The molecule has 0 unspecified atom stereocenters. The molecule has 0 atom stereocenters. The van der Waals surface area contributed by atoms with E-state index in [4.69, 9.17) is 21.1 Å². The van der Waals surface area contributed by atoms with Gasteiger partial charge in [0.2, 0.25) is 5.91 Å². The summed E-state index contributed by atoms with van der Waals surface area (Å²) in [5.74, 6) is 1.22. The summed E-state index contributed by atoms with van der Waals surface area (Å²) in [6.07, 6.45) is 0. The van der Waals surface area contributed by atoms with E-state index in [1.54, 1.807) is 32.4 Å². The van der Waals surface area contributed by atoms with Crippen molar-refractivity contribution in [1.29, 1.82) is 0 Å². The first-order valence-electron chi connectivity index (χ1n) is 9.28. The van der Waals surface area contributed by atoms with Gasteiger partial charge in [-0.2, -0.15) is 0 Å². The van der Waals surface area contributed by atoms with E-state index in [2.05, 4.69) is 21.2 Å². The molecule has 1 saturated heterocycles. The molecule has 0 aliphatic carbocycles. The number of nitrogens with zero attached hydrogens (tertiary/aromatic N) is 2. The molecule has 6 nitrogen and oxygen atoms in total. The highest BCUT2D eigenvalue weighted by atomic mass is 35.5. The molecule has 1 amide bonds. The molecule has 1 fully saturated rings. The van der Waals surface area contributed by atoms with Gasteiger partial charge >= 0.3 is 0 Å². The lowest BCUT2D eigenvalue weighted by Crippen LogP contribution is -2.48. The molecule has 1 N–H and O–H groups in total. The molecule has 1 aliphatic heterocycles. The van der Waals surface area contributed by atoms with Crippen molar-refractivity contribution in [1.82, 2.24) is 9.80 Å².